The van der Waals surface area contributed by atoms with Gasteiger partial charge in [0.2, 0.25) is 0 Å². The van der Waals surface area contributed by atoms with Gasteiger partial charge in [-0.05, 0) is 48.6 Å². The summed E-state index contributed by atoms with van der Waals surface area (Å²) in [5, 5.41) is 40.3. The lowest BCUT2D eigenvalue weighted by Crippen LogP contribution is -2.62. The van der Waals surface area contributed by atoms with E-state index >= 15 is 0 Å². The Bertz CT molecular complexity index is 745. The molecule has 0 spiro atoms. The predicted octanol–water partition coefficient (Wildman–Crippen LogP) is 2.64. The minimum absolute atomic E-state index is 0.0269. The molecule has 6 atom stereocenters. The maximum absolute atomic E-state index is 12.3. The largest absolute Gasteiger partial charge is 0.396 e. The zero-order valence-corrected chi connectivity index (χ0v) is 19.2. The highest BCUT2D eigenvalue weighted by Crippen LogP contribution is 2.54. The first kappa shape index (κ1) is 24.4. The number of hydrogen-bond donors (Lipinski definition) is 5. The molecule has 2 aliphatic rings. The smallest absolute Gasteiger partial charge is 0.181 e. The van der Waals surface area contributed by atoms with Gasteiger partial charge in [-0.15, -0.1) is 0 Å². The van der Waals surface area contributed by atoms with Gasteiger partial charge in [0, 0.05) is 12.6 Å². The van der Waals surface area contributed by atoms with E-state index < -0.39 is 36.4 Å². The Hall–Kier alpha value is -1.25. The van der Waals surface area contributed by atoms with Crippen LogP contribution < -0.4 is 0 Å². The van der Waals surface area contributed by atoms with Crippen LogP contribution in [0, 0.1) is 22.7 Å². The molecule has 1 aliphatic carbocycles. The summed E-state index contributed by atoms with van der Waals surface area (Å²) in [6, 6.07) is 3.65. The summed E-state index contributed by atoms with van der Waals surface area (Å²) < 4.78 is 5.65. The molecule has 0 amide bonds. The summed E-state index contributed by atoms with van der Waals surface area (Å²) in [4.78, 5) is 15.3. The Morgan fingerprint density at radius 3 is 2.45 bits per heavy atom. The molecule has 7 nitrogen and oxygen atoms in total. The number of aromatic nitrogens is 1. The standard InChI is InChI=1S/C24H39NO6/c1-22(2,14-23(3,4)11-9-17(27)16-7-6-12-25-16)10-5-8-18-19-21(29)20(28)15(13-26)24(19,30)31-18/h6-7,12,15,18-21,25-26,28-30H,5,8-11,13-14H2,1-4H3. The van der Waals surface area contributed by atoms with Crippen molar-refractivity contribution in [3.05, 3.63) is 24.0 Å². The van der Waals surface area contributed by atoms with Gasteiger partial charge in [0.05, 0.1) is 42.4 Å². The van der Waals surface area contributed by atoms with E-state index in [1.807, 2.05) is 12.1 Å². The molecule has 5 N–H and O–H groups in total. The first-order chi connectivity index (χ1) is 14.4. The molecule has 1 saturated heterocycles. The third-order valence-electron chi connectivity index (χ3n) is 7.30. The number of aromatic amines is 1. The van der Waals surface area contributed by atoms with Gasteiger partial charge in [-0.1, -0.05) is 34.1 Å². The van der Waals surface area contributed by atoms with Crippen molar-refractivity contribution in [2.75, 3.05) is 6.61 Å². The minimum atomic E-state index is -1.62. The van der Waals surface area contributed by atoms with Crippen molar-refractivity contribution in [3.63, 3.8) is 0 Å². The van der Waals surface area contributed by atoms with Crippen molar-refractivity contribution < 1.29 is 30.0 Å². The van der Waals surface area contributed by atoms with Crippen LogP contribution in [0.1, 0.15) is 76.7 Å². The number of carbonyl (C=O) groups excluding carboxylic acids is 1. The molecule has 1 saturated carbocycles. The van der Waals surface area contributed by atoms with Gasteiger partial charge in [-0.25, -0.2) is 0 Å². The maximum Gasteiger partial charge on any atom is 0.181 e. The lowest BCUT2D eigenvalue weighted by Gasteiger charge is -2.50. The fourth-order valence-electron chi connectivity index (χ4n) is 5.90. The van der Waals surface area contributed by atoms with Crippen molar-refractivity contribution in [1.82, 2.24) is 4.98 Å². The van der Waals surface area contributed by atoms with E-state index in [-0.39, 0.29) is 22.7 Å². The van der Waals surface area contributed by atoms with Crippen molar-refractivity contribution in [3.8, 4) is 0 Å². The van der Waals surface area contributed by atoms with Crippen LogP contribution in [-0.2, 0) is 4.74 Å². The van der Waals surface area contributed by atoms with E-state index in [2.05, 4.69) is 32.7 Å². The molecule has 2 heterocycles. The summed E-state index contributed by atoms with van der Waals surface area (Å²) in [6.07, 6.45) is 4.03. The molecule has 31 heavy (non-hydrogen) atoms. The number of aliphatic hydroxyl groups is 4. The molecule has 0 bridgehead atoms. The summed E-state index contributed by atoms with van der Waals surface area (Å²) in [7, 11) is 0. The summed E-state index contributed by atoms with van der Waals surface area (Å²) in [6.45, 7) is 8.45. The molecule has 7 heteroatoms. The number of Topliss-reactive ketones (excluding diaryl/α,β-unsaturated/α-hetero) is 1. The zero-order chi connectivity index (χ0) is 23.0. The molecule has 2 fully saturated rings. The fourth-order valence-corrected chi connectivity index (χ4v) is 5.90. The number of fused-ring (bicyclic) bond motifs is 1. The normalized spacial score (nSPS) is 33.2. The highest BCUT2D eigenvalue weighted by Gasteiger charge is 2.69. The summed E-state index contributed by atoms with van der Waals surface area (Å²) in [5.74, 6) is -2.90. The fraction of sp³-hybridized carbons (Fsp3) is 0.792. The number of ether oxygens (including phenoxy) is 1. The second kappa shape index (κ2) is 8.94. The monoisotopic (exact) mass is 437 g/mol. The highest BCUT2D eigenvalue weighted by molar-refractivity contribution is 5.94. The first-order valence-corrected chi connectivity index (χ1v) is 11.4. The Kier molecular flexibility index (Phi) is 7.04. The van der Waals surface area contributed by atoms with Crippen LogP contribution in [0.2, 0.25) is 0 Å². The van der Waals surface area contributed by atoms with E-state index in [1.54, 1.807) is 6.20 Å². The number of rotatable bonds is 11. The number of nitrogens with one attached hydrogen (secondary N) is 1. The van der Waals surface area contributed by atoms with Crippen molar-refractivity contribution in [2.24, 2.45) is 22.7 Å². The highest BCUT2D eigenvalue weighted by atomic mass is 16.7. The molecule has 1 aromatic rings. The quantitative estimate of drug-likeness (QED) is 0.339. The van der Waals surface area contributed by atoms with Gasteiger partial charge >= 0.3 is 0 Å². The average Bonchev–Trinajstić information content (AvgIpc) is 3.23. The van der Waals surface area contributed by atoms with Crippen LogP contribution in [0.15, 0.2) is 18.3 Å². The van der Waals surface area contributed by atoms with Gasteiger partial charge in [0.1, 0.15) is 0 Å². The average molecular weight is 438 g/mol. The molecule has 1 aromatic heterocycles. The van der Waals surface area contributed by atoms with Crippen LogP contribution in [0.25, 0.3) is 0 Å². The lowest BCUT2D eigenvalue weighted by atomic mass is 9.70. The molecular weight excluding hydrogens is 398 g/mol. The van der Waals surface area contributed by atoms with Crippen LogP contribution in [0.4, 0.5) is 0 Å². The van der Waals surface area contributed by atoms with Crippen LogP contribution in [-0.4, -0.2) is 61.9 Å². The lowest BCUT2D eigenvalue weighted by molar-refractivity contribution is -0.381. The SMILES string of the molecule is CC(C)(CCCC1OC2(O)C(CO)C(O)C(O)C12)CC(C)(C)CCC(=O)c1ccc[nH]1. The molecule has 3 rings (SSSR count). The zero-order valence-electron chi connectivity index (χ0n) is 19.2. The molecule has 6 unspecified atom stereocenters. The van der Waals surface area contributed by atoms with E-state index in [4.69, 9.17) is 4.74 Å². The molecule has 0 aromatic carbocycles. The van der Waals surface area contributed by atoms with Crippen LogP contribution in [0.3, 0.4) is 0 Å². The third kappa shape index (κ3) is 5.06. The molecule has 0 radical (unpaired) electrons. The van der Waals surface area contributed by atoms with Crippen LogP contribution >= 0.6 is 0 Å². The van der Waals surface area contributed by atoms with E-state index in [9.17, 15) is 25.2 Å². The van der Waals surface area contributed by atoms with Gasteiger partial charge < -0.3 is 30.1 Å². The van der Waals surface area contributed by atoms with E-state index in [0.717, 1.165) is 25.7 Å². The number of ketones is 1. The van der Waals surface area contributed by atoms with Crippen molar-refractivity contribution >= 4 is 5.78 Å². The molecular formula is C24H39NO6. The van der Waals surface area contributed by atoms with Gasteiger partial charge in [0.25, 0.3) is 0 Å². The number of carbonyl (C=O) groups is 1. The number of hydrogen-bond acceptors (Lipinski definition) is 6. The Balaban J connectivity index is 1.44. The maximum atomic E-state index is 12.3. The topological polar surface area (TPSA) is 123 Å². The van der Waals surface area contributed by atoms with Crippen molar-refractivity contribution in [2.45, 2.75) is 90.3 Å². The summed E-state index contributed by atoms with van der Waals surface area (Å²) >= 11 is 0. The second-order valence-electron chi connectivity index (χ2n) is 11.1. The summed E-state index contributed by atoms with van der Waals surface area (Å²) in [5.41, 5.74) is 0.762. The van der Waals surface area contributed by atoms with Gasteiger partial charge in [-0.3, -0.25) is 4.79 Å². The van der Waals surface area contributed by atoms with Crippen LogP contribution in [0.5, 0.6) is 0 Å². The molecule has 1 aliphatic heterocycles. The van der Waals surface area contributed by atoms with Crippen molar-refractivity contribution in [1.29, 1.82) is 0 Å². The van der Waals surface area contributed by atoms with E-state index in [1.165, 1.54) is 0 Å². The number of H-pyrrole nitrogens is 1. The Labute approximate surface area is 184 Å². The Morgan fingerprint density at radius 2 is 1.84 bits per heavy atom. The second-order valence-corrected chi connectivity index (χ2v) is 11.1. The van der Waals surface area contributed by atoms with Gasteiger partial charge in [-0.2, -0.15) is 0 Å². The number of aliphatic hydroxyl groups excluding tert-OH is 3. The first-order valence-electron chi connectivity index (χ1n) is 11.4. The predicted molar refractivity (Wildman–Crippen MR) is 116 cm³/mol. The van der Waals surface area contributed by atoms with Gasteiger partial charge in [0.15, 0.2) is 11.6 Å². The molecule has 176 valence electrons. The van der Waals surface area contributed by atoms with E-state index in [0.29, 0.717) is 18.5 Å². The minimum Gasteiger partial charge on any atom is -0.396 e. The third-order valence-corrected chi connectivity index (χ3v) is 7.30. The Morgan fingerprint density at radius 1 is 1.16 bits per heavy atom.